The van der Waals surface area contributed by atoms with Crippen LogP contribution in [0.25, 0.3) is 11.3 Å². The number of nitrogens with zero attached hydrogens (tertiary/aromatic N) is 4. The van der Waals surface area contributed by atoms with Crippen LogP contribution in [0.15, 0.2) is 30.3 Å². The molecule has 110 valence electrons. The summed E-state index contributed by atoms with van der Waals surface area (Å²) in [5, 5.41) is 8.20. The standard InChI is InChI=1S/C15H19N5O/c1-15(2)10-20(8-9-21-15)13-12(17-14(16)19-18-13)11-6-4-3-5-7-11/h3-7H,8-10H2,1-2H3,(H2,16,17,19). The normalized spacial score (nSPS) is 17.7. The van der Waals surface area contributed by atoms with Gasteiger partial charge in [0.15, 0.2) is 5.82 Å². The zero-order chi connectivity index (χ0) is 14.9. The molecule has 3 rings (SSSR count). The van der Waals surface area contributed by atoms with Gasteiger partial charge in [-0.15, -0.1) is 10.2 Å². The first-order chi connectivity index (χ1) is 10.1. The van der Waals surface area contributed by atoms with Crippen molar-refractivity contribution in [2.45, 2.75) is 19.4 Å². The number of nitrogen functional groups attached to an aromatic ring is 1. The van der Waals surface area contributed by atoms with E-state index in [0.29, 0.717) is 6.61 Å². The fourth-order valence-electron chi connectivity index (χ4n) is 2.53. The van der Waals surface area contributed by atoms with Gasteiger partial charge in [-0.25, -0.2) is 4.98 Å². The Morgan fingerprint density at radius 1 is 1.19 bits per heavy atom. The molecule has 21 heavy (non-hydrogen) atoms. The number of hydrogen-bond donors (Lipinski definition) is 1. The van der Waals surface area contributed by atoms with Crippen molar-refractivity contribution in [2.24, 2.45) is 0 Å². The van der Waals surface area contributed by atoms with Crippen LogP contribution >= 0.6 is 0 Å². The SMILES string of the molecule is CC1(C)CN(c2nnc(N)nc2-c2ccccc2)CCO1. The van der Waals surface area contributed by atoms with Crippen LogP contribution in [0.2, 0.25) is 0 Å². The highest BCUT2D eigenvalue weighted by molar-refractivity contribution is 5.72. The Balaban J connectivity index is 2.03. The molecule has 0 atom stereocenters. The van der Waals surface area contributed by atoms with Crippen LogP contribution < -0.4 is 10.6 Å². The monoisotopic (exact) mass is 285 g/mol. The number of hydrogen-bond acceptors (Lipinski definition) is 6. The molecule has 6 heteroatoms. The number of nitrogens with two attached hydrogens (primary N) is 1. The van der Waals surface area contributed by atoms with Crippen LogP contribution in [0.5, 0.6) is 0 Å². The highest BCUT2D eigenvalue weighted by Gasteiger charge is 2.30. The van der Waals surface area contributed by atoms with Gasteiger partial charge in [-0.05, 0) is 13.8 Å². The Morgan fingerprint density at radius 3 is 2.67 bits per heavy atom. The predicted octanol–water partition coefficient (Wildman–Crippen LogP) is 1.74. The van der Waals surface area contributed by atoms with Gasteiger partial charge in [-0.3, -0.25) is 0 Å². The van der Waals surface area contributed by atoms with E-state index in [0.717, 1.165) is 30.2 Å². The molecule has 1 aliphatic rings. The average molecular weight is 285 g/mol. The maximum Gasteiger partial charge on any atom is 0.240 e. The van der Waals surface area contributed by atoms with E-state index in [1.165, 1.54) is 0 Å². The fourth-order valence-corrected chi connectivity index (χ4v) is 2.53. The Labute approximate surface area is 124 Å². The molecule has 0 aliphatic carbocycles. The molecule has 1 aliphatic heterocycles. The largest absolute Gasteiger partial charge is 0.372 e. The number of morpholine rings is 1. The maximum atomic E-state index is 5.75. The first-order valence-corrected chi connectivity index (χ1v) is 7.00. The number of rotatable bonds is 2. The van der Waals surface area contributed by atoms with Gasteiger partial charge in [0.05, 0.1) is 12.2 Å². The van der Waals surface area contributed by atoms with Crippen molar-refractivity contribution in [1.82, 2.24) is 15.2 Å². The van der Waals surface area contributed by atoms with E-state index in [4.69, 9.17) is 10.5 Å². The summed E-state index contributed by atoms with van der Waals surface area (Å²) in [4.78, 5) is 6.55. The van der Waals surface area contributed by atoms with E-state index < -0.39 is 0 Å². The molecule has 1 fully saturated rings. The van der Waals surface area contributed by atoms with Gasteiger partial charge >= 0.3 is 0 Å². The minimum atomic E-state index is -0.213. The summed E-state index contributed by atoms with van der Waals surface area (Å²) in [6.45, 7) is 6.31. The van der Waals surface area contributed by atoms with E-state index in [1.54, 1.807) is 0 Å². The van der Waals surface area contributed by atoms with Gasteiger partial charge in [0.2, 0.25) is 5.95 Å². The molecule has 6 nitrogen and oxygen atoms in total. The van der Waals surface area contributed by atoms with Crippen molar-refractivity contribution in [3.05, 3.63) is 30.3 Å². The molecule has 0 amide bonds. The molecule has 2 aromatic rings. The third kappa shape index (κ3) is 2.95. The quantitative estimate of drug-likeness (QED) is 0.905. The van der Waals surface area contributed by atoms with Crippen molar-refractivity contribution >= 4 is 11.8 Å². The Morgan fingerprint density at radius 2 is 1.95 bits per heavy atom. The van der Waals surface area contributed by atoms with Crippen LogP contribution in [0, 0.1) is 0 Å². The second-order valence-corrected chi connectivity index (χ2v) is 5.74. The summed E-state index contributed by atoms with van der Waals surface area (Å²) in [5.41, 5.74) is 7.26. The summed E-state index contributed by atoms with van der Waals surface area (Å²) in [6, 6.07) is 9.91. The number of ether oxygens (including phenoxy) is 1. The molecule has 0 saturated carbocycles. The number of aromatic nitrogens is 3. The Kier molecular flexibility index (Phi) is 3.47. The van der Waals surface area contributed by atoms with Crippen molar-refractivity contribution in [1.29, 1.82) is 0 Å². The van der Waals surface area contributed by atoms with E-state index in [2.05, 4.69) is 33.9 Å². The minimum absolute atomic E-state index is 0.185. The van der Waals surface area contributed by atoms with Gasteiger partial charge < -0.3 is 15.4 Å². The van der Waals surface area contributed by atoms with Crippen LogP contribution in [-0.2, 0) is 4.74 Å². The van der Waals surface area contributed by atoms with Crippen LogP contribution in [-0.4, -0.2) is 40.5 Å². The van der Waals surface area contributed by atoms with Gasteiger partial charge in [0, 0.05) is 18.7 Å². The highest BCUT2D eigenvalue weighted by Crippen LogP contribution is 2.29. The molecule has 0 bridgehead atoms. The summed E-state index contributed by atoms with van der Waals surface area (Å²) < 4.78 is 5.75. The molecular formula is C15H19N5O. The first kappa shape index (κ1) is 13.8. The zero-order valence-electron chi connectivity index (χ0n) is 12.3. The number of anilines is 2. The van der Waals surface area contributed by atoms with Crippen LogP contribution in [0.4, 0.5) is 11.8 Å². The lowest BCUT2D eigenvalue weighted by molar-refractivity contribution is -0.0279. The van der Waals surface area contributed by atoms with Crippen molar-refractivity contribution in [3.63, 3.8) is 0 Å². The molecular weight excluding hydrogens is 266 g/mol. The lowest BCUT2D eigenvalue weighted by Crippen LogP contribution is -2.49. The second kappa shape index (κ2) is 5.29. The van der Waals surface area contributed by atoms with Gasteiger partial charge in [-0.1, -0.05) is 30.3 Å². The summed E-state index contributed by atoms with van der Waals surface area (Å²) in [7, 11) is 0. The zero-order valence-corrected chi connectivity index (χ0v) is 12.3. The fraction of sp³-hybridized carbons (Fsp3) is 0.400. The number of benzene rings is 1. The summed E-state index contributed by atoms with van der Waals surface area (Å²) in [6.07, 6.45) is 0. The van der Waals surface area contributed by atoms with Gasteiger partial charge in [-0.2, -0.15) is 0 Å². The third-order valence-electron chi connectivity index (χ3n) is 3.46. The molecule has 1 saturated heterocycles. The minimum Gasteiger partial charge on any atom is -0.372 e. The smallest absolute Gasteiger partial charge is 0.240 e. The Hall–Kier alpha value is -2.21. The molecule has 1 aromatic heterocycles. The molecule has 0 unspecified atom stereocenters. The summed E-state index contributed by atoms with van der Waals surface area (Å²) in [5.74, 6) is 0.942. The van der Waals surface area contributed by atoms with E-state index >= 15 is 0 Å². The molecule has 1 aromatic carbocycles. The molecule has 0 radical (unpaired) electrons. The van der Waals surface area contributed by atoms with Crippen molar-refractivity contribution in [3.8, 4) is 11.3 Å². The van der Waals surface area contributed by atoms with Gasteiger partial charge in [0.25, 0.3) is 0 Å². The predicted molar refractivity (Wildman–Crippen MR) is 81.9 cm³/mol. The van der Waals surface area contributed by atoms with Crippen molar-refractivity contribution in [2.75, 3.05) is 30.3 Å². The average Bonchev–Trinajstić information content (AvgIpc) is 2.47. The van der Waals surface area contributed by atoms with E-state index in [1.807, 2.05) is 30.3 Å². The molecule has 2 heterocycles. The summed E-state index contributed by atoms with van der Waals surface area (Å²) >= 11 is 0. The van der Waals surface area contributed by atoms with E-state index in [-0.39, 0.29) is 11.5 Å². The first-order valence-electron chi connectivity index (χ1n) is 7.00. The van der Waals surface area contributed by atoms with Crippen molar-refractivity contribution < 1.29 is 4.74 Å². The Bertz CT molecular complexity index is 629. The van der Waals surface area contributed by atoms with Gasteiger partial charge in [0.1, 0.15) is 5.69 Å². The van der Waals surface area contributed by atoms with E-state index in [9.17, 15) is 0 Å². The molecule has 0 spiro atoms. The van der Waals surface area contributed by atoms with Crippen LogP contribution in [0.1, 0.15) is 13.8 Å². The second-order valence-electron chi connectivity index (χ2n) is 5.74. The molecule has 2 N–H and O–H groups in total. The van der Waals surface area contributed by atoms with Crippen LogP contribution in [0.3, 0.4) is 0 Å². The lowest BCUT2D eigenvalue weighted by Gasteiger charge is -2.38. The maximum absolute atomic E-state index is 5.75. The third-order valence-corrected chi connectivity index (χ3v) is 3.46. The lowest BCUT2D eigenvalue weighted by atomic mass is 10.1. The highest BCUT2D eigenvalue weighted by atomic mass is 16.5. The topological polar surface area (TPSA) is 77.2 Å².